The van der Waals surface area contributed by atoms with Gasteiger partial charge in [0.1, 0.15) is 17.2 Å². The van der Waals surface area contributed by atoms with Gasteiger partial charge in [-0.15, -0.1) is 0 Å². The molecule has 3 aromatic rings. The first-order chi connectivity index (χ1) is 15.5. The van der Waals surface area contributed by atoms with Crippen LogP contribution in [0.2, 0.25) is 0 Å². The number of aromatic nitrogens is 3. The Bertz CT molecular complexity index is 1080. The molecule has 8 nitrogen and oxygen atoms in total. The molecule has 8 heteroatoms. The highest BCUT2D eigenvalue weighted by atomic mass is 16.5. The Hall–Kier alpha value is -2.84. The maximum Gasteiger partial charge on any atom is 0.229 e. The summed E-state index contributed by atoms with van der Waals surface area (Å²) in [6.07, 6.45) is 0. The average molecular weight is 436 g/mol. The number of benzene rings is 1. The second-order valence-electron chi connectivity index (χ2n) is 8.98. The minimum atomic E-state index is 0.849. The number of anilines is 2. The third-order valence-corrected chi connectivity index (χ3v) is 6.83. The van der Waals surface area contributed by atoms with E-state index >= 15 is 0 Å². The summed E-state index contributed by atoms with van der Waals surface area (Å²) in [6.45, 7) is 8.06. The Labute approximate surface area is 190 Å². The SMILES string of the molecule is COc1ccc(-c2cc3c(N4CCN(C)CC4)nc(N4CCN(C)CC4)nc3n2C)cc1. The Morgan fingerprint density at radius 1 is 0.750 bits per heavy atom. The molecule has 2 aliphatic rings. The zero-order chi connectivity index (χ0) is 22.2. The van der Waals surface area contributed by atoms with Gasteiger partial charge in [-0.2, -0.15) is 9.97 Å². The second-order valence-corrected chi connectivity index (χ2v) is 8.98. The van der Waals surface area contributed by atoms with Crippen LogP contribution in [0.5, 0.6) is 5.75 Å². The van der Waals surface area contributed by atoms with E-state index in [0.717, 1.165) is 92.2 Å². The number of methoxy groups -OCH3 is 1. The van der Waals surface area contributed by atoms with E-state index < -0.39 is 0 Å². The molecule has 0 aliphatic carbocycles. The maximum atomic E-state index is 5.34. The van der Waals surface area contributed by atoms with Crippen LogP contribution >= 0.6 is 0 Å². The highest BCUT2D eigenvalue weighted by Crippen LogP contribution is 2.34. The van der Waals surface area contributed by atoms with Crippen molar-refractivity contribution in [1.29, 1.82) is 0 Å². The van der Waals surface area contributed by atoms with E-state index in [-0.39, 0.29) is 0 Å². The zero-order valence-corrected chi connectivity index (χ0v) is 19.6. The second kappa shape index (κ2) is 8.60. The predicted molar refractivity (Wildman–Crippen MR) is 130 cm³/mol. The minimum absolute atomic E-state index is 0.849. The van der Waals surface area contributed by atoms with Gasteiger partial charge in [0, 0.05) is 59.4 Å². The van der Waals surface area contributed by atoms with Crippen molar-refractivity contribution in [3.8, 4) is 17.0 Å². The largest absolute Gasteiger partial charge is 0.497 e. The molecule has 0 saturated carbocycles. The van der Waals surface area contributed by atoms with Crippen molar-refractivity contribution in [3.05, 3.63) is 30.3 Å². The zero-order valence-electron chi connectivity index (χ0n) is 19.6. The molecule has 2 saturated heterocycles. The van der Waals surface area contributed by atoms with Gasteiger partial charge in [-0.05, 0) is 50.0 Å². The van der Waals surface area contributed by atoms with Crippen molar-refractivity contribution in [2.75, 3.05) is 83.4 Å². The van der Waals surface area contributed by atoms with Gasteiger partial charge in [0.25, 0.3) is 0 Å². The van der Waals surface area contributed by atoms with Crippen LogP contribution in [0.1, 0.15) is 0 Å². The molecule has 0 bridgehead atoms. The van der Waals surface area contributed by atoms with Gasteiger partial charge in [-0.25, -0.2) is 0 Å². The molecule has 2 aromatic heterocycles. The normalized spacial score (nSPS) is 18.5. The number of rotatable bonds is 4. The fourth-order valence-electron chi connectivity index (χ4n) is 4.61. The number of nitrogens with zero attached hydrogens (tertiary/aromatic N) is 7. The molecule has 0 spiro atoms. The van der Waals surface area contributed by atoms with Crippen LogP contribution < -0.4 is 14.5 Å². The third kappa shape index (κ3) is 3.89. The van der Waals surface area contributed by atoms with Gasteiger partial charge in [0.2, 0.25) is 5.95 Å². The molecular formula is C24H33N7O. The summed E-state index contributed by atoms with van der Waals surface area (Å²) >= 11 is 0. The third-order valence-electron chi connectivity index (χ3n) is 6.83. The summed E-state index contributed by atoms with van der Waals surface area (Å²) in [6, 6.07) is 10.5. The molecule has 32 heavy (non-hydrogen) atoms. The van der Waals surface area contributed by atoms with Crippen LogP contribution in [-0.4, -0.2) is 97.9 Å². The number of fused-ring (bicyclic) bond motifs is 1. The van der Waals surface area contributed by atoms with Gasteiger partial charge in [-0.3, -0.25) is 0 Å². The number of likely N-dealkylation sites (N-methyl/N-ethyl adjacent to an activating group) is 2. The number of hydrogen-bond acceptors (Lipinski definition) is 7. The number of ether oxygens (including phenoxy) is 1. The summed E-state index contributed by atoms with van der Waals surface area (Å²) in [5.41, 5.74) is 3.29. The highest BCUT2D eigenvalue weighted by Gasteiger charge is 2.25. The summed E-state index contributed by atoms with van der Waals surface area (Å²) < 4.78 is 7.55. The number of aryl methyl sites for hydroxylation is 1. The Balaban J connectivity index is 1.61. The first-order valence-electron chi connectivity index (χ1n) is 11.4. The Kier molecular flexibility index (Phi) is 5.65. The Morgan fingerprint density at radius 3 is 1.94 bits per heavy atom. The quantitative estimate of drug-likeness (QED) is 0.622. The fourth-order valence-corrected chi connectivity index (χ4v) is 4.61. The van der Waals surface area contributed by atoms with Crippen molar-refractivity contribution in [2.45, 2.75) is 0 Å². The lowest BCUT2D eigenvalue weighted by molar-refractivity contribution is 0.309. The predicted octanol–water partition coefficient (Wildman–Crippen LogP) is 2.15. The molecule has 0 radical (unpaired) electrons. The van der Waals surface area contributed by atoms with E-state index in [4.69, 9.17) is 14.7 Å². The van der Waals surface area contributed by atoms with Crippen molar-refractivity contribution in [3.63, 3.8) is 0 Å². The topological polar surface area (TPSA) is 52.9 Å². The maximum absolute atomic E-state index is 5.34. The summed E-state index contributed by atoms with van der Waals surface area (Å²) in [7, 11) is 8.17. The molecule has 5 rings (SSSR count). The van der Waals surface area contributed by atoms with Gasteiger partial charge >= 0.3 is 0 Å². The van der Waals surface area contributed by atoms with Crippen LogP contribution in [0, 0.1) is 0 Å². The first kappa shape index (κ1) is 21.0. The van der Waals surface area contributed by atoms with E-state index in [9.17, 15) is 0 Å². The lowest BCUT2D eigenvalue weighted by Gasteiger charge is -2.35. The summed E-state index contributed by atoms with van der Waals surface area (Å²) in [5.74, 6) is 2.78. The molecule has 2 fully saturated rings. The molecule has 0 unspecified atom stereocenters. The van der Waals surface area contributed by atoms with E-state index in [1.165, 1.54) is 0 Å². The fraction of sp³-hybridized carbons (Fsp3) is 0.500. The molecule has 1 aromatic carbocycles. The Morgan fingerprint density at radius 2 is 1.34 bits per heavy atom. The molecule has 0 atom stereocenters. The van der Waals surface area contributed by atoms with Crippen LogP contribution in [-0.2, 0) is 7.05 Å². The molecule has 4 heterocycles. The summed E-state index contributed by atoms with van der Waals surface area (Å²) in [5, 5.41) is 1.13. The van der Waals surface area contributed by atoms with Crippen molar-refractivity contribution >= 4 is 22.8 Å². The van der Waals surface area contributed by atoms with Crippen LogP contribution in [0.15, 0.2) is 30.3 Å². The van der Waals surface area contributed by atoms with Crippen LogP contribution in [0.3, 0.4) is 0 Å². The number of piperazine rings is 2. The van der Waals surface area contributed by atoms with E-state index in [2.05, 4.69) is 63.5 Å². The highest BCUT2D eigenvalue weighted by molar-refractivity contribution is 5.94. The smallest absolute Gasteiger partial charge is 0.229 e. The average Bonchev–Trinajstić information content (AvgIpc) is 3.16. The minimum Gasteiger partial charge on any atom is -0.497 e. The van der Waals surface area contributed by atoms with Gasteiger partial charge in [0.15, 0.2) is 0 Å². The number of hydrogen-bond donors (Lipinski definition) is 0. The van der Waals surface area contributed by atoms with Gasteiger partial charge < -0.3 is 28.9 Å². The molecule has 0 N–H and O–H groups in total. The van der Waals surface area contributed by atoms with Crippen LogP contribution in [0.25, 0.3) is 22.3 Å². The molecule has 2 aliphatic heterocycles. The van der Waals surface area contributed by atoms with Crippen LogP contribution in [0.4, 0.5) is 11.8 Å². The van der Waals surface area contributed by atoms with E-state index in [1.54, 1.807) is 7.11 Å². The van der Waals surface area contributed by atoms with Crippen molar-refractivity contribution < 1.29 is 4.74 Å². The van der Waals surface area contributed by atoms with E-state index in [1.807, 2.05) is 12.1 Å². The lowest BCUT2D eigenvalue weighted by atomic mass is 10.1. The monoisotopic (exact) mass is 435 g/mol. The van der Waals surface area contributed by atoms with E-state index in [0.29, 0.717) is 0 Å². The standard InChI is InChI=1S/C24H33N7O/c1-27-9-13-30(14-10-27)23-20-17-21(18-5-7-19(32-4)8-6-18)29(3)22(20)25-24(26-23)31-15-11-28(2)12-16-31/h5-8,17H,9-16H2,1-4H3. The van der Waals surface area contributed by atoms with Gasteiger partial charge in [-0.1, -0.05) is 0 Å². The summed E-state index contributed by atoms with van der Waals surface area (Å²) in [4.78, 5) is 19.7. The molecule has 170 valence electrons. The van der Waals surface area contributed by atoms with Gasteiger partial charge in [0.05, 0.1) is 18.2 Å². The lowest BCUT2D eigenvalue weighted by Crippen LogP contribution is -2.46. The van der Waals surface area contributed by atoms with Crippen molar-refractivity contribution in [2.24, 2.45) is 7.05 Å². The first-order valence-corrected chi connectivity index (χ1v) is 11.4. The molecule has 0 amide bonds. The van der Waals surface area contributed by atoms with Crippen molar-refractivity contribution in [1.82, 2.24) is 24.3 Å². The molecular weight excluding hydrogens is 402 g/mol.